The first kappa shape index (κ1) is 4.41. The standard InChI is InChI=1S/C3H3NO/c4-2-1-3-5/h4H,2H2. The van der Waals surface area contributed by atoms with Gasteiger partial charge in [-0.2, -0.15) is 0 Å². The molecule has 0 saturated carbocycles. The van der Waals surface area contributed by atoms with Gasteiger partial charge in [0.25, 0.3) is 0 Å². The Bertz CT molecular complexity index is 53.9. The third kappa shape index (κ3) is 3.41. The van der Waals surface area contributed by atoms with Gasteiger partial charge in [-0.05, 0) is 0 Å². The largest absolute Gasteiger partial charge is 0.252 e. The molecule has 0 rings (SSSR count). The number of rotatable bonds is 1. The van der Waals surface area contributed by atoms with E-state index < -0.39 is 0 Å². The maximum atomic E-state index is 9.05. The summed E-state index contributed by atoms with van der Waals surface area (Å²) in [5, 5.41) is 0. The van der Waals surface area contributed by atoms with Crippen LogP contribution in [0, 0.1) is 6.08 Å². The molecule has 0 fully saturated rings. The number of hydrogen-bond donors (Lipinski definition) is 0. The monoisotopic (exact) mass is 69.0 g/mol. The SMILES string of the molecule is [NH]C[C]=C=O. The van der Waals surface area contributed by atoms with Crippen molar-refractivity contribution in [1.82, 2.24) is 5.73 Å². The first-order valence-corrected chi connectivity index (χ1v) is 1.16. The lowest BCUT2D eigenvalue weighted by atomic mass is 10.7. The molecule has 0 atom stereocenters. The van der Waals surface area contributed by atoms with Gasteiger partial charge >= 0.3 is 0 Å². The fourth-order valence-electron chi connectivity index (χ4n) is 0.0361. The van der Waals surface area contributed by atoms with E-state index in [1.165, 1.54) is 5.94 Å². The van der Waals surface area contributed by atoms with E-state index >= 15 is 0 Å². The Morgan fingerprint density at radius 2 is 2.40 bits per heavy atom. The highest BCUT2D eigenvalue weighted by Gasteiger charge is 1.55. The summed E-state index contributed by atoms with van der Waals surface area (Å²) in [6, 6.07) is 0. The molecule has 5 heavy (non-hydrogen) atoms. The van der Waals surface area contributed by atoms with Gasteiger partial charge in [0.2, 0.25) is 0 Å². The predicted molar refractivity (Wildman–Crippen MR) is 16.9 cm³/mol. The van der Waals surface area contributed by atoms with Crippen LogP contribution in [0.4, 0.5) is 0 Å². The summed E-state index contributed by atoms with van der Waals surface area (Å²) in [6.07, 6.45) is 1.97. The minimum absolute atomic E-state index is 0.0799. The van der Waals surface area contributed by atoms with Crippen molar-refractivity contribution in [3.05, 3.63) is 6.08 Å². The zero-order valence-corrected chi connectivity index (χ0v) is 2.62. The highest BCUT2D eigenvalue weighted by molar-refractivity contribution is 5.40. The molecule has 0 aromatic rings. The van der Waals surface area contributed by atoms with Gasteiger partial charge in [0.05, 0.1) is 6.08 Å². The topological polar surface area (TPSA) is 40.9 Å². The third-order valence-corrected chi connectivity index (χ3v) is 0.161. The van der Waals surface area contributed by atoms with E-state index in [-0.39, 0.29) is 6.54 Å². The van der Waals surface area contributed by atoms with Gasteiger partial charge in [-0.1, -0.05) is 0 Å². The molecular weight excluding hydrogens is 66.0 g/mol. The Morgan fingerprint density at radius 1 is 1.80 bits per heavy atom. The summed E-state index contributed by atoms with van der Waals surface area (Å²) >= 11 is 0. The van der Waals surface area contributed by atoms with E-state index in [2.05, 4.69) is 0 Å². The molecule has 2 nitrogen and oxygen atoms in total. The van der Waals surface area contributed by atoms with Crippen molar-refractivity contribution in [2.24, 2.45) is 0 Å². The first-order valence-electron chi connectivity index (χ1n) is 1.16. The van der Waals surface area contributed by atoms with Gasteiger partial charge in [-0.15, -0.1) is 0 Å². The number of nitrogens with one attached hydrogen (secondary N) is 1. The van der Waals surface area contributed by atoms with Crippen LogP contribution < -0.4 is 5.73 Å². The molecule has 0 spiro atoms. The Morgan fingerprint density at radius 3 is 2.40 bits per heavy atom. The molecule has 26 valence electrons. The van der Waals surface area contributed by atoms with Crippen molar-refractivity contribution < 1.29 is 4.79 Å². The van der Waals surface area contributed by atoms with Gasteiger partial charge in [-0.25, -0.2) is 4.79 Å². The normalized spacial score (nSPS) is 5.80. The van der Waals surface area contributed by atoms with Crippen molar-refractivity contribution in [3.63, 3.8) is 0 Å². The first-order chi connectivity index (χ1) is 2.41. The molecule has 0 aromatic carbocycles. The van der Waals surface area contributed by atoms with Gasteiger partial charge in [0, 0.05) is 6.54 Å². The van der Waals surface area contributed by atoms with Gasteiger partial charge in [0.1, 0.15) is 5.94 Å². The van der Waals surface area contributed by atoms with Crippen LogP contribution in [-0.4, -0.2) is 12.5 Å². The summed E-state index contributed by atoms with van der Waals surface area (Å²) in [7, 11) is 0. The predicted octanol–water partition coefficient (Wildman–Crippen LogP) is -0.540. The fraction of sp³-hybridized carbons (Fsp3) is 0.333. The minimum atomic E-state index is -0.0799. The van der Waals surface area contributed by atoms with E-state index in [4.69, 9.17) is 10.5 Å². The summed E-state index contributed by atoms with van der Waals surface area (Å²) in [4.78, 5) is 9.05. The summed E-state index contributed by atoms with van der Waals surface area (Å²) < 4.78 is 0. The molecule has 0 aliphatic heterocycles. The van der Waals surface area contributed by atoms with Crippen molar-refractivity contribution in [1.29, 1.82) is 0 Å². The Labute approximate surface area is 30.3 Å². The fourth-order valence-corrected chi connectivity index (χ4v) is 0.0361. The lowest BCUT2D eigenvalue weighted by Gasteiger charge is -1.54. The third-order valence-electron chi connectivity index (χ3n) is 0.161. The second-order valence-corrected chi connectivity index (χ2v) is 0.456. The summed E-state index contributed by atoms with van der Waals surface area (Å²) in [5.41, 5.74) is 6.23. The van der Waals surface area contributed by atoms with Gasteiger partial charge in [-0.3, -0.25) is 5.73 Å². The zero-order chi connectivity index (χ0) is 4.12. The van der Waals surface area contributed by atoms with Crippen LogP contribution in [0.25, 0.3) is 0 Å². The van der Waals surface area contributed by atoms with Crippen molar-refractivity contribution in [2.75, 3.05) is 6.54 Å². The minimum Gasteiger partial charge on any atom is -0.252 e. The van der Waals surface area contributed by atoms with Crippen molar-refractivity contribution >= 4 is 5.94 Å². The van der Waals surface area contributed by atoms with E-state index in [1.807, 2.05) is 6.08 Å². The quantitative estimate of drug-likeness (QED) is 0.381. The van der Waals surface area contributed by atoms with Crippen LogP contribution in [0.2, 0.25) is 0 Å². The molecule has 2 heteroatoms. The molecule has 2 radical (unpaired) electrons. The molecule has 0 unspecified atom stereocenters. The molecule has 0 aliphatic carbocycles. The lowest BCUT2D eigenvalue weighted by molar-refractivity contribution is 0.567. The highest BCUT2D eigenvalue weighted by atomic mass is 16.1. The van der Waals surface area contributed by atoms with Gasteiger partial charge < -0.3 is 0 Å². The number of carbonyl (C=O) groups excluding carboxylic acids is 1. The van der Waals surface area contributed by atoms with E-state index in [0.29, 0.717) is 0 Å². The molecule has 0 heterocycles. The lowest BCUT2D eigenvalue weighted by Crippen LogP contribution is -1.73. The van der Waals surface area contributed by atoms with Crippen molar-refractivity contribution in [2.45, 2.75) is 0 Å². The van der Waals surface area contributed by atoms with E-state index in [0.717, 1.165) is 0 Å². The second kappa shape index (κ2) is 3.41. The number of hydrogen-bond acceptors (Lipinski definition) is 1. The molecule has 1 N–H and O–H groups in total. The van der Waals surface area contributed by atoms with Crippen LogP contribution in [0.5, 0.6) is 0 Å². The molecular formula is C3H3NO. The average Bonchev–Trinajstić information content (AvgIpc) is 1.41. The molecule has 0 aromatic heterocycles. The Balaban J connectivity index is 2.93. The molecule has 0 aliphatic rings. The van der Waals surface area contributed by atoms with Crippen LogP contribution in [0.3, 0.4) is 0 Å². The maximum absolute atomic E-state index is 9.05. The summed E-state index contributed by atoms with van der Waals surface area (Å²) in [6.45, 7) is -0.0799. The molecule has 0 saturated heterocycles. The average molecular weight is 69.1 g/mol. The van der Waals surface area contributed by atoms with Gasteiger partial charge in [0.15, 0.2) is 0 Å². The van der Waals surface area contributed by atoms with Crippen LogP contribution in [-0.2, 0) is 4.79 Å². The van der Waals surface area contributed by atoms with Crippen molar-refractivity contribution in [3.8, 4) is 0 Å². The smallest absolute Gasteiger partial charge is 0.130 e. The molecule has 0 amide bonds. The second-order valence-electron chi connectivity index (χ2n) is 0.456. The van der Waals surface area contributed by atoms with Crippen LogP contribution >= 0.6 is 0 Å². The van der Waals surface area contributed by atoms with E-state index in [1.54, 1.807) is 0 Å². The zero-order valence-electron chi connectivity index (χ0n) is 2.62. The molecule has 0 bridgehead atoms. The highest BCUT2D eigenvalue weighted by Crippen LogP contribution is 1.40. The van der Waals surface area contributed by atoms with E-state index in [9.17, 15) is 0 Å². The summed E-state index contributed by atoms with van der Waals surface area (Å²) in [5.74, 6) is 1.33. The van der Waals surface area contributed by atoms with Crippen LogP contribution in [0.15, 0.2) is 0 Å². The van der Waals surface area contributed by atoms with Crippen LogP contribution in [0.1, 0.15) is 0 Å². The Hall–Kier alpha value is -0.590. The maximum Gasteiger partial charge on any atom is 0.130 e. The Kier molecular flexibility index (Phi) is 3.01.